The van der Waals surface area contributed by atoms with Crippen LogP contribution in [0.2, 0.25) is 0 Å². The highest BCUT2D eigenvalue weighted by Gasteiger charge is 2.21. The summed E-state index contributed by atoms with van der Waals surface area (Å²) in [5.74, 6) is 1.35. The third-order valence-electron chi connectivity index (χ3n) is 2.74. The van der Waals surface area contributed by atoms with Crippen molar-refractivity contribution < 1.29 is 0 Å². The Morgan fingerprint density at radius 2 is 2.13 bits per heavy atom. The number of nitrogens with one attached hydrogen (secondary N) is 1. The number of aromatic nitrogens is 4. The van der Waals surface area contributed by atoms with E-state index >= 15 is 0 Å². The number of rotatable bonds is 6. The van der Waals surface area contributed by atoms with Crippen molar-refractivity contribution >= 4 is 0 Å². The maximum Gasteiger partial charge on any atom is 0.155 e. The van der Waals surface area contributed by atoms with E-state index in [0.29, 0.717) is 12.0 Å². The molecule has 15 heavy (non-hydrogen) atoms. The van der Waals surface area contributed by atoms with Crippen LogP contribution in [0.25, 0.3) is 0 Å². The van der Waals surface area contributed by atoms with Crippen LogP contribution >= 0.6 is 0 Å². The van der Waals surface area contributed by atoms with E-state index in [9.17, 15) is 0 Å². The van der Waals surface area contributed by atoms with Gasteiger partial charge in [-0.05, 0) is 36.7 Å². The smallest absolute Gasteiger partial charge is 0.155 e. The average molecular weight is 211 g/mol. The summed E-state index contributed by atoms with van der Waals surface area (Å²) in [6.07, 6.45) is 2.20. The highest BCUT2D eigenvalue weighted by Crippen LogP contribution is 2.19. The predicted octanol–water partition coefficient (Wildman–Crippen LogP) is 1.09. The van der Waals surface area contributed by atoms with Gasteiger partial charge in [0.25, 0.3) is 0 Å². The van der Waals surface area contributed by atoms with Gasteiger partial charge < -0.3 is 5.32 Å². The van der Waals surface area contributed by atoms with E-state index in [2.05, 4.69) is 41.6 Å². The predicted molar refractivity (Wildman–Crippen MR) is 59.6 cm³/mol. The Hall–Kier alpha value is -0.970. The second-order valence-electron chi connectivity index (χ2n) is 3.92. The van der Waals surface area contributed by atoms with E-state index in [1.807, 2.05) is 7.05 Å². The van der Waals surface area contributed by atoms with Crippen LogP contribution in [0.1, 0.15) is 45.4 Å². The van der Waals surface area contributed by atoms with Gasteiger partial charge in [-0.25, -0.2) is 4.68 Å². The van der Waals surface area contributed by atoms with Crippen molar-refractivity contribution in [3.8, 4) is 0 Å². The average Bonchev–Trinajstić information content (AvgIpc) is 2.63. The first-order chi connectivity index (χ1) is 7.20. The van der Waals surface area contributed by atoms with Crippen LogP contribution in [-0.2, 0) is 7.05 Å². The SMILES string of the molecule is CCCNC(C)C(CC)c1nnnn1C. The molecule has 5 nitrogen and oxygen atoms in total. The van der Waals surface area contributed by atoms with E-state index in [4.69, 9.17) is 0 Å². The van der Waals surface area contributed by atoms with E-state index < -0.39 is 0 Å². The zero-order valence-electron chi connectivity index (χ0n) is 10.1. The van der Waals surface area contributed by atoms with Crippen LogP contribution in [0.3, 0.4) is 0 Å². The summed E-state index contributed by atoms with van der Waals surface area (Å²) in [5, 5.41) is 15.1. The van der Waals surface area contributed by atoms with Gasteiger partial charge in [0.05, 0.1) is 0 Å². The summed E-state index contributed by atoms with van der Waals surface area (Å²) < 4.78 is 1.76. The number of aryl methyl sites for hydroxylation is 1. The van der Waals surface area contributed by atoms with Crippen LogP contribution < -0.4 is 5.32 Å². The summed E-state index contributed by atoms with van der Waals surface area (Å²) in [5.41, 5.74) is 0. The third kappa shape index (κ3) is 2.99. The molecule has 1 aromatic heterocycles. The van der Waals surface area contributed by atoms with Crippen LogP contribution in [0.4, 0.5) is 0 Å². The molecule has 1 heterocycles. The maximum absolute atomic E-state index is 4.08. The molecule has 0 aliphatic rings. The molecule has 0 radical (unpaired) electrons. The standard InChI is InChI=1S/C10H21N5/c1-5-7-11-8(3)9(6-2)10-12-13-14-15(10)4/h8-9,11H,5-7H2,1-4H3. The van der Waals surface area contributed by atoms with Crippen molar-refractivity contribution in [2.75, 3.05) is 6.54 Å². The first-order valence-corrected chi connectivity index (χ1v) is 5.66. The second kappa shape index (κ2) is 5.80. The van der Waals surface area contributed by atoms with Crippen LogP contribution in [-0.4, -0.2) is 32.8 Å². The minimum absolute atomic E-state index is 0.386. The Kier molecular flexibility index (Phi) is 4.68. The molecule has 0 amide bonds. The highest BCUT2D eigenvalue weighted by atomic mass is 15.5. The monoisotopic (exact) mass is 211 g/mol. The molecule has 0 bridgehead atoms. The molecule has 0 aliphatic heterocycles. The first kappa shape index (κ1) is 12.1. The summed E-state index contributed by atoms with van der Waals surface area (Å²) in [6, 6.07) is 0.416. The van der Waals surface area contributed by atoms with Gasteiger partial charge in [0.15, 0.2) is 5.82 Å². The van der Waals surface area contributed by atoms with Crippen molar-refractivity contribution in [3.05, 3.63) is 5.82 Å². The molecular weight excluding hydrogens is 190 g/mol. The Morgan fingerprint density at radius 3 is 2.60 bits per heavy atom. The van der Waals surface area contributed by atoms with Gasteiger partial charge in [0.2, 0.25) is 0 Å². The fourth-order valence-corrected chi connectivity index (χ4v) is 1.82. The third-order valence-corrected chi connectivity index (χ3v) is 2.74. The molecule has 0 aliphatic carbocycles. The normalized spacial score (nSPS) is 15.2. The van der Waals surface area contributed by atoms with E-state index in [1.165, 1.54) is 0 Å². The van der Waals surface area contributed by atoms with Gasteiger partial charge in [0.1, 0.15) is 0 Å². The summed E-state index contributed by atoms with van der Waals surface area (Å²) >= 11 is 0. The van der Waals surface area contributed by atoms with E-state index in [-0.39, 0.29) is 0 Å². The number of tetrazole rings is 1. The zero-order chi connectivity index (χ0) is 11.3. The molecule has 86 valence electrons. The minimum atomic E-state index is 0.386. The number of hydrogen-bond acceptors (Lipinski definition) is 4. The molecule has 1 aromatic rings. The summed E-state index contributed by atoms with van der Waals surface area (Å²) in [7, 11) is 1.89. The molecular formula is C10H21N5. The summed E-state index contributed by atoms with van der Waals surface area (Å²) in [6.45, 7) is 7.58. The van der Waals surface area contributed by atoms with Crippen LogP contribution in [0, 0.1) is 0 Å². The fraction of sp³-hybridized carbons (Fsp3) is 0.900. The van der Waals surface area contributed by atoms with Crippen molar-refractivity contribution in [3.63, 3.8) is 0 Å². The Labute approximate surface area is 91.2 Å². The quantitative estimate of drug-likeness (QED) is 0.765. The number of hydrogen-bond donors (Lipinski definition) is 1. The molecule has 0 aromatic carbocycles. The molecule has 0 spiro atoms. The van der Waals surface area contributed by atoms with Crippen molar-refractivity contribution in [1.82, 2.24) is 25.5 Å². The lowest BCUT2D eigenvalue weighted by molar-refractivity contribution is 0.423. The molecule has 0 fully saturated rings. The lowest BCUT2D eigenvalue weighted by Crippen LogP contribution is -2.33. The maximum atomic E-state index is 4.08. The molecule has 0 saturated carbocycles. The summed E-state index contributed by atoms with van der Waals surface area (Å²) in [4.78, 5) is 0. The van der Waals surface area contributed by atoms with E-state index in [0.717, 1.165) is 25.2 Å². The van der Waals surface area contributed by atoms with Crippen LogP contribution in [0.15, 0.2) is 0 Å². The van der Waals surface area contributed by atoms with Gasteiger partial charge in [-0.15, -0.1) is 5.10 Å². The molecule has 2 unspecified atom stereocenters. The van der Waals surface area contributed by atoms with Crippen molar-refractivity contribution in [1.29, 1.82) is 0 Å². The van der Waals surface area contributed by atoms with E-state index in [1.54, 1.807) is 4.68 Å². The van der Waals surface area contributed by atoms with Gasteiger partial charge >= 0.3 is 0 Å². The molecule has 1 N–H and O–H groups in total. The highest BCUT2D eigenvalue weighted by molar-refractivity contribution is 4.97. The topological polar surface area (TPSA) is 55.6 Å². The van der Waals surface area contributed by atoms with Gasteiger partial charge in [-0.2, -0.15) is 0 Å². The molecule has 2 atom stereocenters. The van der Waals surface area contributed by atoms with Gasteiger partial charge in [-0.3, -0.25) is 0 Å². The second-order valence-corrected chi connectivity index (χ2v) is 3.92. The lowest BCUT2D eigenvalue weighted by Gasteiger charge is -2.22. The Balaban J connectivity index is 2.67. The Morgan fingerprint density at radius 1 is 1.40 bits per heavy atom. The minimum Gasteiger partial charge on any atom is -0.314 e. The molecule has 1 rings (SSSR count). The lowest BCUT2D eigenvalue weighted by atomic mass is 9.97. The zero-order valence-corrected chi connectivity index (χ0v) is 10.1. The van der Waals surface area contributed by atoms with Crippen molar-refractivity contribution in [2.45, 2.75) is 45.6 Å². The van der Waals surface area contributed by atoms with Crippen LogP contribution in [0.5, 0.6) is 0 Å². The van der Waals surface area contributed by atoms with Gasteiger partial charge in [-0.1, -0.05) is 13.8 Å². The molecule has 0 saturated heterocycles. The van der Waals surface area contributed by atoms with Gasteiger partial charge in [0, 0.05) is 19.0 Å². The van der Waals surface area contributed by atoms with Crippen molar-refractivity contribution in [2.24, 2.45) is 7.05 Å². The fourth-order valence-electron chi connectivity index (χ4n) is 1.82. The Bertz CT molecular complexity index is 283. The molecule has 5 heteroatoms. The largest absolute Gasteiger partial charge is 0.314 e. The number of nitrogens with zero attached hydrogens (tertiary/aromatic N) is 4. The first-order valence-electron chi connectivity index (χ1n) is 5.66.